The molecule has 4 heteroatoms. The fraction of sp³-hybridized carbons (Fsp3) is 0.500. The van der Waals surface area contributed by atoms with Crippen molar-refractivity contribution in [3.05, 3.63) is 68.8 Å². The predicted molar refractivity (Wildman–Crippen MR) is 103 cm³/mol. The first-order valence-electron chi connectivity index (χ1n) is 10.3. The molecule has 0 radical (unpaired) electrons. The molecule has 4 rings (SSSR count). The second kappa shape index (κ2) is 7.53. The van der Waals surface area contributed by atoms with Gasteiger partial charge in [0.05, 0.1) is 0 Å². The quantitative estimate of drug-likeness (QED) is 0.541. The second-order valence-corrected chi connectivity index (χ2v) is 8.80. The molecule has 0 nitrogen and oxygen atoms in total. The Morgan fingerprint density at radius 3 is 1.46 bits per heavy atom. The van der Waals surface area contributed by atoms with Crippen molar-refractivity contribution in [2.75, 3.05) is 0 Å². The van der Waals surface area contributed by atoms with Crippen molar-refractivity contribution in [2.24, 2.45) is 11.8 Å². The van der Waals surface area contributed by atoms with Crippen molar-refractivity contribution >= 4 is 0 Å². The molecule has 0 heterocycles. The van der Waals surface area contributed by atoms with E-state index in [-0.39, 0.29) is 24.0 Å². The molecule has 2 aromatic rings. The van der Waals surface area contributed by atoms with Gasteiger partial charge in [-0.15, -0.1) is 0 Å². The maximum Gasteiger partial charge on any atom is 0.162 e. The van der Waals surface area contributed by atoms with Gasteiger partial charge in [-0.3, -0.25) is 0 Å². The third-order valence-corrected chi connectivity index (χ3v) is 6.53. The van der Waals surface area contributed by atoms with Crippen molar-refractivity contribution in [3.8, 4) is 0 Å². The number of hydrogen-bond acceptors (Lipinski definition) is 0. The highest BCUT2D eigenvalue weighted by Crippen LogP contribution is 2.33. The van der Waals surface area contributed by atoms with Crippen LogP contribution in [-0.2, 0) is 38.5 Å². The van der Waals surface area contributed by atoms with Crippen molar-refractivity contribution in [1.82, 2.24) is 0 Å². The maximum atomic E-state index is 14.6. The predicted octanol–water partition coefficient (Wildman–Crippen LogP) is 6.28. The van der Waals surface area contributed by atoms with Gasteiger partial charge in [-0.05, 0) is 96.6 Å². The molecule has 2 aliphatic carbocycles. The van der Waals surface area contributed by atoms with Gasteiger partial charge in [0, 0.05) is 0 Å². The van der Waals surface area contributed by atoms with E-state index < -0.39 is 23.3 Å². The number of rotatable bonds is 3. The topological polar surface area (TPSA) is 0 Å². The summed E-state index contributed by atoms with van der Waals surface area (Å²) < 4.78 is 58.2. The van der Waals surface area contributed by atoms with Crippen LogP contribution in [0.4, 0.5) is 17.6 Å². The van der Waals surface area contributed by atoms with Crippen LogP contribution >= 0.6 is 0 Å². The van der Waals surface area contributed by atoms with Crippen LogP contribution < -0.4 is 0 Å². The lowest BCUT2D eigenvalue weighted by Gasteiger charge is -2.24. The van der Waals surface area contributed by atoms with Gasteiger partial charge in [0.25, 0.3) is 0 Å². The Hall–Kier alpha value is -1.84. The molecule has 150 valence electrons. The molecule has 0 saturated heterocycles. The summed E-state index contributed by atoms with van der Waals surface area (Å²) in [5.41, 5.74) is 3.21. The van der Waals surface area contributed by atoms with E-state index >= 15 is 0 Å². The maximum absolute atomic E-state index is 14.6. The highest BCUT2D eigenvalue weighted by molar-refractivity contribution is 5.39. The number of aryl methyl sites for hydroxylation is 4. The largest absolute Gasteiger partial charge is 0.203 e. The molecular weight excluding hydrogens is 364 g/mol. The molecule has 0 aromatic heterocycles. The molecule has 0 amide bonds. The first kappa shape index (κ1) is 19.5. The van der Waals surface area contributed by atoms with E-state index in [1.165, 1.54) is 0 Å². The van der Waals surface area contributed by atoms with Gasteiger partial charge in [-0.1, -0.05) is 26.0 Å². The Labute approximate surface area is 164 Å². The lowest BCUT2D eigenvalue weighted by atomic mass is 9.82. The molecule has 2 unspecified atom stereocenters. The summed E-state index contributed by atoms with van der Waals surface area (Å²) in [5.74, 6) is -2.48. The van der Waals surface area contributed by atoms with Gasteiger partial charge >= 0.3 is 0 Å². The van der Waals surface area contributed by atoms with E-state index in [0.29, 0.717) is 35.8 Å². The minimum absolute atomic E-state index is 0.164. The Morgan fingerprint density at radius 1 is 0.679 bits per heavy atom. The smallest absolute Gasteiger partial charge is 0.162 e. The van der Waals surface area contributed by atoms with Crippen molar-refractivity contribution < 1.29 is 17.6 Å². The number of fused-ring (bicyclic) bond motifs is 2. The molecule has 0 bridgehead atoms. The summed E-state index contributed by atoms with van der Waals surface area (Å²) in [5, 5.41) is 0. The number of hydrogen-bond donors (Lipinski definition) is 0. The fourth-order valence-corrected chi connectivity index (χ4v) is 4.78. The summed E-state index contributed by atoms with van der Waals surface area (Å²) in [4.78, 5) is 0. The van der Waals surface area contributed by atoms with Crippen LogP contribution in [0.25, 0.3) is 0 Å². The van der Waals surface area contributed by atoms with Crippen LogP contribution in [0.2, 0.25) is 0 Å². The Kier molecular flexibility index (Phi) is 5.24. The highest BCUT2D eigenvalue weighted by atomic mass is 19.2. The van der Waals surface area contributed by atoms with E-state index in [4.69, 9.17) is 0 Å². The second-order valence-electron chi connectivity index (χ2n) is 8.80. The SMILES string of the molecule is CC1CCc2cc(CCc3cc4c(c(F)c3F)CC(C)CC4)c(F)c(F)c2C1. The number of halogens is 4. The molecular formula is C24H26F4. The van der Waals surface area contributed by atoms with Crippen LogP contribution in [0.1, 0.15) is 60.1 Å². The molecule has 2 atom stereocenters. The van der Waals surface area contributed by atoms with E-state index in [9.17, 15) is 17.6 Å². The van der Waals surface area contributed by atoms with Crippen molar-refractivity contribution in [3.63, 3.8) is 0 Å². The summed E-state index contributed by atoms with van der Waals surface area (Å²) in [6, 6.07) is 3.46. The summed E-state index contributed by atoms with van der Waals surface area (Å²) in [7, 11) is 0. The van der Waals surface area contributed by atoms with E-state index in [1.54, 1.807) is 12.1 Å². The molecule has 2 aromatic carbocycles. The van der Waals surface area contributed by atoms with Crippen LogP contribution in [0.15, 0.2) is 12.1 Å². The first-order valence-corrected chi connectivity index (χ1v) is 10.3. The normalized spacial score (nSPS) is 21.4. The third kappa shape index (κ3) is 3.46. The molecule has 2 aliphatic rings. The van der Waals surface area contributed by atoms with Crippen LogP contribution in [0, 0.1) is 35.1 Å². The van der Waals surface area contributed by atoms with Crippen molar-refractivity contribution in [2.45, 2.75) is 65.2 Å². The summed E-state index contributed by atoms with van der Waals surface area (Å²) in [6.07, 6.45) is 4.83. The zero-order valence-electron chi connectivity index (χ0n) is 16.5. The first-order chi connectivity index (χ1) is 13.3. The molecule has 28 heavy (non-hydrogen) atoms. The van der Waals surface area contributed by atoms with Crippen molar-refractivity contribution in [1.29, 1.82) is 0 Å². The van der Waals surface area contributed by atoms with E-state index in [0.717, 1.165) is 36.8 Å². The van der Waals surface area contributed by atoms with E-state index in [1.807, 2.05) is 13.8 Å². The molecule has 0 aliphatic heterocycles. The average molecular weight is 390 g/mol. The Bertz CT molecular complexity index is 840. The zero-order valence-corrected chi connectivity index (χ0v) is 16.5. The van der Waals surface area contributed by atoms with Gasteiger partial charge in [0.1, 0.15) is 0 Å². The minimum Gasteiger partial charge on any atom is -0.203 e. The summed E-state index contributed by atoms with van der Waals surface area (Å²) in [6.45, 7) is 4.09. The lowest BCUT2D eigenvalue weighted by Crippen LogP contribution is -2.17. The fourth-order valence-electron chi connectivity index (χ4n) is 4.78. The standard InChI is InChI=1S/C24H26F4/c1-13-3-5-15-11-17(21(25)23(27)19(15)9-13)7-8-18-12-16-6-4-14(2)10-20(16)24(28)22(18)26/h11-14H,3-10H2,1-2H3. The van der Waals surface area contributed by atoms with Crippen LogP contribution in [0.3, 0.4) is 0 Å². The molecule has 0 N–H and O–H groups in total. The Balaban J connectivity index is 1.60. The van der Waals surface area contributed by atoms with Crippen LogP contribution in [-0.4, -0.2) is 0 Å². The van der Waals surface area contributed by atoms with Gasteiger partial charge in [-0.2, -0.15) is 0 Å². The van der Waals surface area contributed by atoms with Gasteiger partial charge < -0.3 is 0 Å². The summed E-state index contributed by atoms with van der Waals surface area (Å²) >= 11 is 0. The molecule has 0 saturated carbocycles. The lowest BCUT2D eigenvalue weighted by molar-refractivity contribution is 0.440. The number of benzene rings is 2. The molecule has 0 fully saturated rings. The third-order valence-electron chi connectivity index (χ3n) is 6.53. The van der Waals surface area contributed by atoms with Crippen LogP contribution in [0.5, 0.6) is 0 Å². The van der Waals surface area contributed by atoms with Gasteiger partial charge in [0.2, 0.25) is 0 Å². The van der Waals surface area contributed by atoms with Gasteiger partial charge in [-0.25, -0.2) is 17.6 Å². The average Bonchev–Trinajstić information content (AvgIpc) is 2.68. The van der Waals surface area contributed by atoms with Gasteiger partial charge in [0.15, 0.2) is 23.3 Å². The zero-order chi connectivity index (χ0) is 20.0. The van der Waals surface area contributed by atoms with E-state index in [2.05, 4.69) is 0 Å². The highest BCUT2D eigenvalue weighted by Gasteiger charge is 2.25. The molecule has 0 spiro atoms. The Morgan fingerprint density at radius 2 is 1.07 bits per heavy atom. The minimum atomic E-state index is -0.833. The monoisotopic (exact) mass is 390 g/mol.